The number of aromatic hydroxyl groups is 1. The van der Waals surface area contributed by atoms with Gasteiger partial charge in [-0.2, -0.15) is 5.10 Å². The second kappa shape index (κ2) is 10.2. The zero-order valence-corrected chi connectivity index (χ0v) is 19.0. The van der Waals surface area contributed by atoms with E-state index in [0.29, 0.717) is 24.4 Å². The Morgan fingerprint density at radius 1 is 1.29 bits per heavy atom. The molecule has 2 heterocycles. The Kier molecular flexibility index (Phi) is 6.91. The summed E-state index contributed by atoms with van der Waals surface area (Å²) in [5.74, 6) is 0.275. The molecule has 0 radical (unpaired) electrons. The number of aromatic nitrogens is 1. The molecule has 0 bridgehead atoms. The van der Waals surface area contributed by atoms with E-state index >= 15 is 0 Å². The van der Waals surface area contributed by atoms with E-state index in [-0.39, 0.29) is 29.4 Å². The first-order chi connectivity index (χ1) is 16.5. The highest BCUT2D eigenvalue weighted by molar-refractivity contribution is 6.03. The van der Waals surface area contributed by atoms with E-state index in [1.54, 1.807) is 29.3 Å². The van der Waals surface area contributed by atoms with Crippen LogP contribution in [0.15, 0.2) is 64.6 Å². The van der Waals surface area contributed by atoms with Gasteiger partial charge in [0.2, 0.25) is 5.76 Å². The molecule has 176 valence electrons. The smallest absolute Gasteiger partial charge is 0.293 e. The number of nitrogens with zero attached hydrogens (tertiary/aromatic N) is 3. The maximum Gasteiger partial charge on any atom is 0.293 e. The van der Waals surface area contributed by atoms with Crippen LogP contribution < -0.4 is 10.1 Å². The first-order valence-electron chi connectivity index (χ1n) is 11.0. The first kappa shape index (κ1) is 23.0. The summed E-state index contributed by atoms with van der Waals surface area (Å²) in [6.45, 7) is 2.48. The summed E-state index contributed by atoms with van der Waals surface area (Å²) in [6.07, 6.45) is 4.94. The van der Waals surface area contributed by atoms with Crippen molar-refractivity contribution in [3.8, 4) is 11.5 Å². The molecule has 0 saturated carbocycles. The van der Waals surface area contributed by atoms with Crippen LogP contribution in [0.5, 0.6) is 11.5 Å². The van der Waals surface area contributed by atoms with E-state index in [4.69, 9.17) is 14.3 Å². The molecule has 1 aliphatic heterocycles. The van der Waals surface area contributed by atoms with Gasteiger partial charge in [0.25, 0.3) is 5.91 Å². The van der Waals surface area contributed by atoms with Crippen LogP contribution in [-0.4, -0.2) is 46.2 Å². The number of anilines is 1. The summed E-state index contributed by atoms with van der Waals surface area (Å²) in [7, 11) is 1.50. The molecule has 3 aromatic rings. The van der Waals surface area contributed by atoms with Gasteiger partial charge in [-0.05, 0) is 48.7 Å². The number of amides is 1. The zero-order chi connectivity index (χ0) is 24.1. The van der Waals surface area contributed by atoms with Gasteiger partial charge in [-0.25, -0.2) is 4.98 Å². The molecular weight excluding hydrogens is 436 g/mol. The second-order valence-electron chi connectivity index (χ2n) is 8.03. The fourth-order valence-electron chi connectivity index (χ4n) is 4.00. The number of hydrazone groups is 1. The summed E-state index contributed by atoms with van der Waals surface area (Å²) in [4.78, 5) is 27.7. The number of phenols is 1. The van der Waals surface area contributed by atoms with Crippen LogP contribution in [-0.2, 0) is 11.3 Å². The van der Waals surface area contributed by atoms with E-state index in [9.17, 15) is 14.7 Å². The van der Waals surface area contributed by atoms with Gasteiger partial charge in [-0.3, -0.25) is 9.80 Å². The number of rotatable bonds is 8. The third-order valence-corrected chi connectivity index (χ3v) is 5.87. The molecule has 34 heavy (non-hydrogen) atoms. The minimum absolute atomic E-state index is 0.0459. The van der Waals surface area contributed by atoms with Gasteiger partial charge < -0.3 is 24.4 Å². The average molecular weight is 463 g/mol. The Labute approximate surface area is 197 Å². The predicted molar refractivity (Wildman–Crippen MR) is 126 cm³/mol. The lowest BCUT2D eigenvalue weighted by Crippen LogP contribution is -2.41. The normalized spacial score (nSPS) is 17.7. The minimum atomic E-state index is -0.384. The van der Waals surface area contributed by atoms with Gasteiger partial charge in [-0.15, -0.1) is 0 Å². The number of phenolic OH excluding ortho intramolecular Hbond substituents is 1. The van der Waals surface area contributed by atoms with Gasteiger partial charge in [-0.1, -0.05) is 19.1 Å². The average Bonchev–Trinajstić information content (AvgIpc) is 3.40. The highest BCUT2D eigenvalue weighted by Gasteiger charge is 2.31. The topological polar surface area (TPSA) is 117 Å². The number of carbonyl (C=O) groups is 2. The van der Waals surface area contributed by atoms with Crippen molar-refractivity contribution in [1.82, 2.24) is 9.99 Å². The van der Waals surface area contributed by atoms with Crippen LogP contribution in [0.4, 0.5) is 5.69 Å². The number of methoxy groups -OCH3 is 1. The Morgan fingerprint density at radius 3 is 2.71 bits per heavy atom. The Balaban J connectivity index is 1.54. The van der Waals surface area contributed by atoms with Crippen LogP contribution >= 0.6 is 0 Å². The quantitative estimate of drug-likeness (QED) is 0.488. The van der Waals surface area contributed by atoms with Crippen molar-refractivity contribution in [3.63, 3.8) is 0 Å². The number of oxazole rings is 1. The third kappa shape index (κ3) is 4.93. The largest absolute Gasteiger partial charge is 0.504 e. The SMILES string of the molecule is CC[C@@H]1CC(C=O)N(Cc2ccc(NC(=O)c3cnco3)cc2)N=C1c1ccc(OC)c(O)c1. The number of hydrogen-bond acceptors (Lipinski definition) is 8. The summed E-state index contributed by atoms with van der Waals surface area (Å²) in [5, 5.41) is 19.6. The number of ether oxygens (including phenoxy) is 1. The van der Waals surface area contributed by atoms with Crippen LogP contribution in [0.2, 0.25) is 0 Å². The molecule has 4 rings (SSSR count). The fourth-order valence-corrected chi connectivity index (χ4v) is 4.00. The molecule has 9 nitrogen and oxygen atoms in total. The standard InChI is InChI=1S/C25H26N4O5/c1-3-17-10-20(14-30)29(28-24(17)18-6-9-22(33-2)21(31)11-18)13-16-4-7-19(8-5-16)27-25(32)23-12-26-15-34-23/h4-9,11-12,14-15,17,20,31H,3,10,13H2,1-2H3,(H,27,32)/t17-,20?/m1/s1. The van der Waals surface area contributed by atoms with Crippen molar-refractivity contribution in [2.75, 3.05) is 12.4 Å². The van der Waals surface area contributed by atoms with Crippen LogP contribution in [0, 0.1) is 5.92 Å². The fraction of sp³-hybridized carbons (Fsp3) is 0.280. The van der Waals surface area contributed by atoms with Crippen molar-refractivity contribution in [2.45, 2.75) is 32.4 Å². The van der Waals surface area contributed by atoms with Crippen LogP contribution in [0.1, 0.15) is 41.4 Å². The molecule has 1 aromatic heterocycles. The summed E-state index contributed by atoms with van der Waals surface area (Å²) in [6, 6.07) is 12.2. The van der Waals surface area contributed by atoms with Gasteiger partial charge in [0.1, 0.15) is 12.3 Å². The lowest BCUT2D eigenvalue weighted by Gasteiger charge is -2.35. The molecular formula is C25H26N4O5. The maximum absolute atomic E-state index is 12.1. The number of hydrogen-bond donors (Lipinski definition) is 2. The minimum Gasteiger partial charge on any atom is -0.504 e. The summed E-state index contributed by atoms with van der Waals surface area (Å²) in [5.41, 5.74) is 3.17. The van der Waals surface area contributed by atoms with Gasteiger partial charge in [0.05, 0.1) is 25.6 Å². The highest BCUT2D eigenvalue weighted by Crippen LogP contribution is 2.32. The number of nitrogens with one attached hydrogen (secondary N) is 1. The molecule has 2 aromatic carbocycles. The zero-order valence-electron chi connectivity index (χ0n) is 19.0. The predicted octanol–water partition coefficient (Wildman–Crippen LogP) is 3.84. The maximum atomic E-state index is 12.1. The van der Waals surface area contributed by atoms with Crippen molar-refractivity contribution < 1.29 is 23.8 Å². The molecule has 1 amide bonds. The van der Waals surface area contributed by atoms with Crippen molar-refractivity contribution >= 4 is 23.6 Å². The Bertz CT molecular complexity index is 1170. The first-order valence-corrected chi connectivity index (χ1v) is 11.0. The molecule has 0 saturated heterocycles. The number of aldehydes is 1. The van der Waals surface area contributed by atoms with Crippen molar-refractivity contribution in [2.24, 2.45) is 11.0 Å². The molecule has 1 unspecified atom stereocenters. The summed E-state index contributed by atoms with van der Waals surface area (Å²) >= 11 is 0. The Morgan fingerprint density at radius 2 is 2.09 bits per heavy atom. The molecule has 9 heteroatoms. The Hall–Kier alpha value is -4.14. The lowest BCUT2D eigenvalue weighted by atomic mass is 9.87. The van der Waals surface area contributed by atoms with Crippen molar-refractivity contribution in [3.05, 3.63) is 71.9 Å². The molecule has 2 atom stereocenters. The number of carbonyl (C=O) groups excluding carboxylic acids is 2. The number of benzene rings is 2. The van der Waals surface area contributed by atoms with Crippen LogP contribution in [0.25, 0.3) is 0 Å². The molecule has 2 N–H and O–H groups in total. The molecule has 0 spiro atoms. The van der Waals surface area contributed by atoms with Crippen molar-refractivity contribution in [1.29, 1.82) is 0 Å². The molecule has 0 fully saturated rings. The molecule has 0 aliphatic carbocycles. The highest BCUT2D eigenvalue weighted by atomic mass is 16.5. The lowest BCUT2D eigenvalue weighted by molar-refractivity contribution is -0.113. The van der Waals surface area contributed by atoms with Crippen LogP contribution in [0.3, 0.4) is 0 Å². The monoisotopic (exact) mass is 462 g/mol. The third-order valence-electron chi connectivity index (χ3n) is 5.87. The van der Waals surface area contributed by atoms with Gasteiger partial charge in [0.15, 0.2) is 17.9 Å². The van der Waals surface area contributed by atoms with E-state index in [0.717, 1.165) is 29.5 Å². The van der Waals surface area contributed by atoms with E-state index in [1.807, 2.05) is 18.2 Å². The second-order valence-corrected chi connectivity index (χ2v) is 8.03. The van der Waals surface area contributed by atoms with E-state index in [2.05, 4.69) is 17.2 Å². The van der Waals surface area contributed by atoms with E-state index in [1.165, 1.54) is 19.7 Å². The summed E-state index contributed by atoms with van der Waals surface area (Å²) < 4.78 is 10.1. The molecule has 1 aliphatic rings. The van der Waals surface area contributed by atoms with Gasteiger partial charge in [0, 0.05) is 17.2 Å². The van der Waals surface area contributed by atoms with E-state index < -0.39 is 0 Å². The van der Waals surface area contributed by atoms with Gasteiger partial charge >= 0.3 is 0 Å².